The number of nitrogens with two attached hydrogens (primary N) is 1. The zero-order chi connectivity index (χ0) is 11.5. The number of halogens is 2. The van der Waals surface area contributed by atoms with Gasteiger partial charge in [-0.05, 0) is 18.4 Å². The molecule has 0 aromatic rings. The van der Waals surface area contributed by atoms with Crippen LogP contribution in [-0.2, 0) is 0 Å². The Hall–Kier alpha value is -0.970. The maximum Gasteiger partial charge on any atom is 0.280 e. The van der Waals surface area contributed by atoms with E-state index in [1.54, 1.807) is 0 Å². The average Bonchev–Trinajstić information content (AvgIpc) is 3.10. The molecule has 0 saturated heterocycles. The molecule has 2 rings (SSSR count). The highest BCUT2D eigenvalue weighted by molar-refractivity contribution is 5.59. The first-order valence-corrected chi connectivity index (χ1v) is 5.69. The van der Waals surface area contributed by atoms with Crippen molar-refractivity contribution in [3.8, 4) is 0 Å². The molecule has 0 radical (unpaired) electrons. The quantitative estimate of drug-likeness (QED) is 0.778. The Bertz CT molecular complexity index is 298. The summed E-state index contributed by atoms with van der Waals surface area (Å²) >= 11 is 0. The molecule has 16 heavy (non-hydrogen) atoms. The minimum absolute atomic E-state index is 0.126. The van der Waals surface area contributed by atoms with Gasteiger partial charge in [-0.15, -0.1) is 0 Å². The molecule has 0 amide bonds. The number of rotatable bonds is 5. The number of aliphatic imine (C=N–C) groups is 1. The summed E-state index contributed by atoms with van der Waals surface area (Å²) in [6, 6.07) is 0.242. The number of hydrogen-bond acceptors (Lipinski definition) is 3. The Morgan fingerprint density at radius 3 is 2.69 bits per heavy atom. The second-order valence-electron chi connectivity index (χ2n) is 4.44. The monoisotopic (exact) mass is 229 g/mol. The van der Waals surface area contributed by atoms with Crippen LogP contribution in [0.25, 0.3) is 0 Å². The molecule has 0 aromatic carbocycles. The van der Waals surface area contributed by atoms with Crippen molar-refractivity contribution in [2.45, 2.75) is 31.7 Å². The van der Waals surface area contributed by atoms with Gasteiger partial charge in [0.25, 0.3) is 6.43 Å². The van der Waals surface area contributed by atoms with Crippen LogP contribution >= 0.6 is 0 Å². The van der Waals surface area contributed by atoms with Gasteiger partial charge in [0, 0.05) is 19.1 Å². The van der Waals surface area contributed by atoms with Crippen LogP contribution in [0.3, 0.4) is 0 Å². The summed E-state index contributed by atoms with van der Waals surface area (Å²) < 4.78 is 24.7. The second-order valence-corrected chi connectivity index (χ2v) is 4.44. The molecule has 3 nitrogen and oxygen atoms in total. The van der Waals surface area contributed by atoms with Crippen molar-refractivity contribution in [2.24, 2.45) is 16.6 Å². The van der Waals surface area contributed by atoms with Crippen molar-refractivity contribution in [2.75, 3.05) is 13.1 Å². The summed E-state index contributed by atoms with van der Waals surface area (Å²) in [6.07, 6.45) is 4.14. The van der Waals surface area contributed by atoms with Crippen LogP contribution < -0.4 is 5.73 Å². The molecule has 1 fully saturated rings. The van der Waals surface area contributed by atoms with Gasteiger partial charge in [-0.3, -0.25) is 0 Å². The number of hydrogen-bond donors (Lipinski definition) is 1. The summed E-state index contributed by atoms with van der Waals surface area (Å²) in [5.41, 5.74) is 5.58. The molecular weight excluding hydrogens is 212 g/mol. The molecule has 0 bridgehead atoms. The fraction of sp³-hybridized carbons (Fsp3) is 0.727. The molecule has 2 aliphatic rings. The van der Waals surface area contributed by atoms with Crippen LogP contribution in [0.5, 0.6) is 0 Å². The van der Waals surface area contributed by atoms with Crippen molar-refractivity contribution in [1.82, 2.24) is 4.90 Å². The molecule has 1 saturated carbocycles. The number of nitrogens with zero attached hydrogens (tertiary/aromatic N) is 2. The SMILES string of the molecule is NCC(CC1CC1)N1C=NC(C(F)F)=CC1. The van der Waals surface area contributed by atoms with Crippen molar-refractivity contribution in [3.63, 3.8) is 0 Å². The van der Waals surface area contributed by atoms with Gasteiger partial charge in [-0.2, -0.15) is 0 Å². The molecule has 5 heteroatoms. The van der Waals surface area contributed by atoms with E-state index in [2.05, 4.69) is 4.99 Å². The fourth-order valence-electron chi connectivity index (χ4n) is 1.93. The summed E-state index contributed by atoms with van der Waals surface area (Å²) in [5, 5.41) is 0. The molecule has 1 aliphatic carbocycles. The molecule has 0 spiro atoms. The standard InChI is InChI=1S/C11H17F2N3/c12-11(13)10-3-4-16(7-15-10)9(6-14)5-8-1-2-8/h3,7-9,11H,1-2,4-6,14H2. The third-order valence-corrected chi connectivity index (χ3v) is 3.13. The molecule has 1 aliphatic heterocycles. The smallest absolute Gasteiger partial charge is 0.280 e. The molecular formula is C11H17F2N3. The van der Waals surface area contributed by atoms with Crippen molar-refractivity contribution in [1.29, 1.82) is 0 Å². The Morgan fingerprint density at radius 2 is 2.25 bits per heavy atom. The van der Waals surface area contributed by atoms with Crippen LogP contribution in [0.2, 0.25) is 0 Å². The first-order valence-electron chi connectivity index (χ1n) is 5.69. The van der Waals surface area contributed by atoms with Crippen LogP contribution in [0.4, 0.5) is 8.78 Å². The van der Waals surface area contributed by atoms with Gasteiger partial charge < -0.3 is 10.6 Å². The Labute approximate surface area is 94.0 Å². The van der Waals surface area contributed by atoms with Gasteiger partial charge >= 0.3 is 0 Å². The Morgan fingerprint density at radius 1 is 1.50 bits per heavy atom. The maximum absolute atomic E-state index is 12.3. The Balaban J connectivity index is 1.89. The van der Waals surface area contributed by atoms with E-state index in [1.807, 2.05) is 4.90 Å². The van der Waals surface area contributed by atoms with E-state index < -0.39 is 6.43 Å². The lowest BCUT2D eigenvalue weighted by molar-refractivity contribution is 0.185. The van der Waals surface area contributed by atoms with E-state index in [1.165, 1.54) is 25.3 Å². The van der Waals surface area contributed by atoms with Gasteiger partial charge in [0.2, 0.25) is 0 Å². The fourth-order valence-corrected chi connectivity index (χ4v) is 1.93. The second kappa shape index (κ2) is 4.91. The number of alkyl halides is 2. The van der Waals surface area contributed by atoms with E-state index >= 15 is 0 Å². The van der Waals surface area contributed by atoms with Crippen molar-refractivity contribution in [3.05, 3.63) is 11.8 Å². The van der Waals surface area contributed by atoms with Crippen molar-refractivity contribution >= 4 is 6.34 Å². The lowest BCUT2D eigenvalue weighted by Gasteiger charge is -2.30. The maximum atomic E-state index is 12.3. The number of allylic oxidation sites excluding steroid dienone is 1. The van der Waals surface area contributed by atoms with Gasteiger partial charge in [0.1, 0.15) is 5.70 Å². The highest BCUT2D eigenvalue weighted by Gasteiger charge is 2.28. The van der Waals surface area contributed by atoms with Crippen LogP contribution in [-0.4, -0.2) is 36.8 Å². The minimum atomic E-state index is -2.47. The average molecular weight is 229 g/mol. The summed E-state index contributed by atoms with van der Waals surface area (Å²) in [7, 11) is 0. The first kappa shape index (κ1) is 11.5. The predicted molar refractivity (Wildman–Crippen MR) is 59.5 cm³/mol. The topological polar surface area (TPSA) is 41.6 Å². The van der Waals surface area contributed by atoms with Gasteiger partial charge in [0.15, 0.2) is 0 Å². The van der Waals surface area contributed by atoms with Crippen molar-refractivity contribution < 1.29 is 8.78 Å². The highest BCUT2D eigenvalue weighted by atomic mass is 19.3. The van der Waals surface area contributed by atoms with E-state index in [0.29, 0.717) is 13.1 Å². The Kier molecular flexibility index (Phi) is 3.53. The van der Waals surface area contributed by atoms with Gasteiger partial charge in [0.05, 0.1) is 6.34 Å². The van der Waals surface area contributed by atoms with Gasteiger partial charge in [-0.25, -0.2) is 13.8 Å². The predicted octanol–water partition coefficient (Wildman–Crippen LogP) is 1.61. The molecule has 1 unspecified atom stereocenters. The normalized spacial score (nSPS) is 22.5. The van der Waals surface area contributed by atoms with Crippen LogP contribution in [0, 0.1) is 5.92 Å². The summed E-state index contributed by atoms with van der Waals surface area (Å²) in [4.78, 5) is 5.73. The third-order valence-electron chi connectivity index (χ3n) is 3.13. The zero-order valence-electron chi connectivity index (χ0n) is 9.15. The van der Waals surface area contributed by atoms with E-state index in [4.69, 9.17) is 5.73 Å². The van der Waals surface area contributed by atoms with Crippen LogP contribution in [0.1, 0.15) is 19.3 Å². The molecule has 0 aromatic heterocycles. The first-order chi connectivity index (χ1) is 7.70. The molecule has 1 heterocycles. The largest absolute Gasteiger partial charge is 0.355 e. The lowest BCUT2D eigenvalue weighted by Crippen LogP contribution is -2.41. The summed E-state index contributed by atoms with van der Waals surface area (Å²) in [6.45, 7) is 1.05. The molecule has 2 N–H and O–H groups in total. The van der Waals surface area contributed by atoms with E-state index in [-0.39, 0.29) is 11.7 Å². The van der Waals surface area contributed by atoms with Crippen LogP contribution in [0.15, 0.2) is 16.8 Å². The van der Waals surface area contributed by atoms with Gasteiger partial charge in [-0.1, -0.05) is 12.8 Å². The van der Waals surface area contributed by atoms with E-state index in [0.717, 1.165) is 12.3 Å². The lowest BCUT2D eigenvalue weighted by atomic mass is 10.1. The summed E-state index contributed by atoms with van der Waals surface area (Å²) in [5.74, 6) is 0.780. The molecule has 1 atom stereocenters. The van der Waals surface area contributed by atoms with E-state index in [9.17, 15) is 8.78 Å². The third kappa shape index (κ3) is 2.78. The zero-order valence-corrected chi connectivity index (χ0v) is 9.15. The minimum Gasteiger partial charge on any atom is -0.355 e. The molecule has 90 valence electrons. The highest BCUT2D eigenvalue weighted by Crippen LogP contribution is 2.34.